The van der Waals surface area contributed by atoms with E-state index in [1.165, 1.54) is 13.0 Å². The molecule has 144 valence electrons. The third-order valence-electron chi connectivity index (χ3n) is 3.27. The number of hydrogen-bond donors (Lipinski definition) is 4. The van der Waals surface area contributed by atoms with E-state index in [-0.39, 0.29) is 10.0 Å². The molecule has 0 amide bonds. The molecule has 0 bridgehead atoms. The molecule has 0 saturated carbocycles. The summed E-state index contributed by atoms with van der Waals surface area (Å²) in [7, 11) is 0. The molecule has 26 heavy (non-hydrogen) atoms. The molecular formula is C14H13BrF3NO7. The summed E-state index contributed by atoms with van der Waals surface area (Å²) >= 11 is 3.00. The first-order chi connectivity index (χ1) is 11.8. The number of fused-ring (bicyclic) bond motifs is 1. The molecule has 0 aromatic heterocycles. The molecule has 1 aliphatic heterocycles. The van der Waals surface area contributed by atoms with Gasteiger partial charge in [0, 0.05) is 10.0 Å². The molecule has 1 aliphatic rings. The number of nitrogens with two attached hydrogens (primary N) is 1. The molecule has 8 nitrogen and oxygen atoms in total. The van der Waals surface area contributed by atoms with Crippen LogP contribution in [-0.4, -0.2) is 39.9 Å². The van der Waals surface area contributed by atoms with Crippen LogP contribution >= 0.6 is 15.9 Å². The number of benzene rings is 1. The van der Waals surface area contributed by atoms with E-state index in [0.29, 0.717) is 0 Å². The average Bonchev–Trinajstić information content (AvgIpc) is 2.50. The van der Waals surface area contributed by atoms with Crippen LogP contribution in [0.15, 0.2) is 22.2 Å². The Morgan fingerprint density at radius 1 is 1.35 bits per heavy atom. The van der Waals surface area contributed by atoms with Gasteiger partial charge in [-0.15, -0.1) is 0 Å². The molecule has 2 rings (SSSR count). The normalized spacial score (nSPS) is 18.5. The van der Waals surface area contributed by atoms with Gasteiger partial charge in [-0.3, -0.25) is 4.84 Å². The lowest BCUT2D eigenvalue weighted by Crippen LogP contribution is -2.42. The summed E-state index contributed by atoms with van der Waals surface area (Å²) in [6, 6.07) is 2.20. The minimum Gasteiger partial charge on any atom is -0.475 e. The summed E-state index contributed by atoms with van der Waals surface area (Å²) in [5.74, 6) is -0.746. The number of ether oxygens (including phenoxy) is 2. The Kier molecular flexibility index (Phi) is 5.66. The van der Waals surface area contributed by atoms with Gasteiger partial charge in [0.05, 0.1) is 11.1 Å². The Morgan fingerprint density at radius 3 is 2.46 bits per heavy atom. The van der Waals surface area contributed by atoms with Gasteiger partial charge < -0.3 is 24.8 Å². The quantitative estimate of drug-likeness (QED) is 0.308. The van der Waals surface area contributed by atoms with Gasteiger partial charge in [0.1, 0.15) is 5.75 Å². The fraction of sp³-hybridized carbons (Fsp3) is 0.357. The van der Waals surface area contributed by atoms with Crippen LogP contribution in [0.25, 0.3) is 6.08 Å². The highest BCUT2D eigenvalue weighted by Crippen LogP contribution is 2.43. The molecule has 2 atom stereocenters. The maximum Gasteiger partial charge on any atom is 0.430 e. The Bertz CT molecular complexity index is 745. The van der Waals surface area contributed by atoms with E-state index in [4.69, 9.17) is 10.6 Å². The number of alkyl halides is 3. The van der Waals surface area contributed by atoms with E-state index < -0.39 is 47.4 Å². The van der Waals surface area contributed by atoms with Gasteiger partial charge >= 0.3 is 18.1 Å². The highest BCUT2D eigenvalue weighted by Gasteiger charge is 2.50. The molecule has 12 heteroatoms. The summed E-state index contributed by atoms with van der Waals surface area (Å²) in [5.41, 5.74) is -1.81. The number of aliphatic hydroxyl groups is 3. The zero-order chi connectivity index (χ0) is 19.9. The lowest BCUT2D eigenvalue weighted by molar-refractivity contribution is -0.324. The number of carbonyl (C=O) groups excluding carboxylic acids is 1. The van der Waals surface area contributed by atoms with Crippen molar-refractivity contribution in [1.82, 2.24) is 0 Å². The van der Waals surface area contributed by atoms with Crippen molar-refractivity contribution in [2.75, 3.05) is 0 Å². The van der Waals surface area contributed by atoms with Crippen LogP contribution in [0.2, 0.25) is 0 Å². The molecule has 0 saturated heterocycles. The van der Waals surface area contributed by atoms with Crippen LogP contribution in [0.3, 0.4) is 0 Å². The van der Waals surface area contributed by atoms with Crippen LogP contribution in [-0.2, 0) is 20.3 Å². The summed E-state index contributed by atoms with van der Waals surface area (Å²) in [6.45, 7) is 1.19. The molecule has 5 N–H and O–H groups in total. The van der Waals surface area contributed by atoms with Crippen molar-refractivity contribution in [1.29, 1.82) is 0 Å². The average molecular weight is 444 g/mol. The van der Waals surface area contributed by atoms with Crippen molar-refractivity contribution in [3.63, 3.8) is 0 Å². The lowest BCUT2D eigenvalue weighted by atomic mass is 9.98. The third kappa shape index (κ3) is 4.34. The molecular weight excluding hydrogens is 431 g/mol. The first kappa shape index (κ1) is 20.6. The summed E-state index contributed by atoms with van der Waals surface area (Å²) in [4.78, 5) is 16.2. The minimum atomic E-state index is -5.05. The van der Waals surface area contributed by atoms with Gasteiger partial charge in [-0.25, -0.2) is 10.7 Å². The zero-order valence-electron chi connectivity index (χ0n) is 13.0. The van der Waals surface area contributed by atoms with Gasteiger partial charge in [0.2, 0.25) is 12.4 Å². The highest BCUT2D eigenvalue weighted by molar-refractivity contribution is 9.10. The Labute approximate surface area is 152 Å². The molecule has 1 heterocycles. The number of carbonyl (C=O) groups is 1. The van der Waals surface area contributed by atoms with Crippen molar-refractivity contribution in [2.24, 2.45) is 5.90 Å². The summed E-state index contributed by atoms with van der Waals surface area (Å²) in [6.07, 6.45) is -8.36. The molecule has 0 radical (unpaired) electrons. The summed E-state index contributed by atoms with van der Waals surface area (Å²) < 4.78 is 49.6. The van der Waals surface area contributed by atoms with E-state index in [2.05, 4.69) is 25.5 Å². The maximum atomic E-state index is 13.3. The number of rotatable bonds is 4. The third-order valence-corrected chi connectivity index (χ3v) is 3.73. The fourth-order valence-corrected chi connectivity index (χ4v) is 2.66. The van der Waals surface area contributed by atoms with Crippen LogP contribution in [0, 0.1) is 0 Å². The topological polar surface area (TPSA) is 131 Å². The minimum absolute atomic E-state index is 0.135. The smallest absolute Gasteiger partial charge is 0.430 e. The monoisotopic (exact) mass is 443 g/mol. The van der Waals surface area contributed by atoms with Crippen molar-refractivity contribution in [3.8, 4) is 5.75 Å². The predicted octanol–water partition coefficient (Wildman–Crippen LogP) is 1.02. The fourth-order valence-electron chi connectivity index (χ4n) is 2.18. The molecule has 0 spiro atoms. The van der Waals surface area contributed by atoms with Gasteiger partial charge in [0.15, 0.2) is 0 Å². The second-order valence-electron chi connectivity index (χ2n) is 5.26. The van der Waals surface area contributed by atoms with E-state index in [0.717, 1.165) is 12.1 Å². The molecule has 0 aliphatic carbocycles. The van der Waals surface area contributed by atoms with Crippen LogP contribution in [0.1, 0.15) is 18.1 Å². The van der Waals surface area contributed by atoms with Crippen molar-refractivity contribution in [3.05, 3.63) is 33.3 Å². The van der Waals surface area contributed by atoms with E-state index in [1.807, 2.05) is 0 Å². The van der Waals surface area contributed by atoms with Crippen LogP contribution in [0.5, 0.6) is 5.75 Å². The largest absolute Gasteiger partial charge is 0.475 e. The highest BCUT2D eigenvalue weighted by atomic mass is 79.9. The van der Waals surface area contributed by atoms with Gasteiger partial charge in [-0.1, -0.05) is 15.9 Å². The predicted molar refractivity (Wildman–Crippen MR) is 81.8 cm³/mol. The number of hydrogen-bond acceptors (Lipinski definition) is 8. The van der Waals surface area contributed by atoms with Gasteiger partial charge in [0.25, 0.3) is 0 Å². The van der Waals surface area contributed by atoms with E-state index in [9.17, 15) is 33.3 Å². The van der Waals surface area contributed by atoms with E-state index >= 15 is 0 Å². The maximum absolute atomic E-state index is 13.3. The molecule has 1 aromatic carbocycles. The Morgan fingerprint density at radius 2 is 1.96 bits per heavy atom. The SMILES string of the molecule is CC(ON)OC(=O)C1=Cc2cc(Br)cc(C(O)(O)O)c2OC1C(F)(F)F. The number of esters is 1. The lowest BCUT2D eigenvalue weighted by Gasteiger charge is -2.31. The Hall–Kier alpha value is -1.70. The van der Waals surface area contributed by atoms with Crippen LogP contribution in [0.4, 0.5) is 13.2 Å². The second kappa shape index (κ2) is 7.13. The summed E-state index contributed by atoms with van der Waals surface area (Å²) in [5, 5.41) is 28.1. The van der Waals surface area contributed by atoms with Crippen molar-refractivity contribution < 1.29 is 47.6 Å². The zero-order valence-corrected chi connectivity index (χ0v) is 14.5. The van der Waals surface area contributed by atoms with Crippen molar-refractivity contribution >= 4 is 28.0 Å². The van der Waals surface area contributed by atoms with Gasteiger partial charge in [-0.05, 0) is 25.1 Å². The first-order valence-electron chi connectivity index (χ1n) is 6.87. The number of halogens is 4. The van der Waals surface area contributed by atoms with Gasteiger partial charge in [-0.2, -0.15) is 13.2 Å². The molecule has 2 unspecified atom stereocenters. The van der Waals surface area contributed by atoms with Crippen LogP contribution < -0.4 is 10.6 Å². The second-order valence-corrected chi connectivity index (χ2v) is 6.17. The molecule has 0 fully saturated rings. The van der Waals surface area contributed by atoms with E-state index in [1.54, 1.807) is 0 Å². The Balaban J connectivity index is 2.61. The molecule has 1 aromatic rings. The standard InChI is InChI=1S/C14H13BrF3NO7/c1-5(26-19)24-12(20)8-3-6-2-7(15)4-9(14(21,22)23)10(6)25-11(8)13(16,17)18/h2-5,11,21-23H,19H2,1H3. The van der Waals surface area contributed by atoms with Crippen molar-refractivity contribution in [2.45, 2.75) is 31.5 Å². The first-order valence-corrected chi connectivity index (χ1v) is 7.66.